The van der Waals surface area contributed by atoms with Crippen molar-refractivity contribution in [2.24, 2.45) is 0 Å². The number of piperazine rings is 1. The number of carboxylic acids is 1. The van der Waals surface area contributed by atoms with Crippen molar-refractivity contribution < 1.29 is 37.0 Å². The van der Waals surface area contributed by atoms with Gasteiger partial charge in [0, 0.05) is 59.9 Å². The van der Waals surface area contributed by atoms with Gasteiger partial charge in [0.25, 0.3) is 0 Å². The van der Waals surface area contributed by atoms with Crippen molar-refractivity contribution in [1.29, 1.82) is 0 Å². The van der Waals surface area contributed by atoms with E-state index in [0.29, 0.717) is 35.2 Å². The zero-order valence-electron chi connectivity index (χ0n) is 26.1. The highest BCUT2D eigenvalue weighted by Crippen LogP contribution is 2.41. The Morgan fingerprint density at radius 3 is 2.30 bits per heavy atom. The fourth-order valence-corrected chi connectivity index (χ4v) is 6.28. The number of carbonyl (C=O) groups excluding carboxylic acids is 1. The molecular formula is C34H36F3N3O5S. The molecule has 1 amide bonds. The van der Waals surface area contributed by atoms with Gasteiger partial charge in [-0.25, -0.2) is 9.59 Å². The first-order valence-corrected chi connectivity index (χ1v) is 15.7. The molecule has 4 aromatic rings. The quantitative estimate of drug-likeness (QED) is 0.190. The molecule has 0 radical (unpaired) electrons. The molecule has 0 atom stereocenters. The van der Waals surface area contributed by atoms with E-state index in [1.165, 1.54) is 29.0 Å². The SMILES string of the molecule is Cc1c(C(=O)O)oc2ccc(SN(CCc3ccccc3)c3ccc(N4CCN(C(=O)OC(C)(C)C)CC4)c(C(F)(F)F)c3)cc12. The van der Waals surface area contributed by atoms with Crippen LogP contribution in [0.5, 0.6) is 0 Å². The first-order valence-electron chi connectivity index (χ1n) is 14.9. The number of fused-ring (bicyclic) bond motifs is 1. The van der Waals surface area contributed by atoms with Gasteiger partial charge >= 0.3 is 18.2 Å². The van der Waals surface area contributed by atoms with E-state index in [1.807, 2.05) is 34.6 Å². The Hall–Kier alpha value is -4.32. The fraction of sp³-hybridized carbons (Fsp3) is 0.353. The number of rotatable bonds is 8. The molecule has 244 valence electrons. The first-order chi connectivity index (χ1) is 21.7. The van der Waals surface area contributed by atoms with Gasteiger partial charge < -0.3 is 28.4 Å². The number of furan rings is 1. The monoisotopic (exact) mass is 655 g/mol. The molecule has 12 heteroatoms. The van der Waals surface area contributed by atoms with Crippen molar-refractivity contribution in [2.45, 2.75) is 50.8 Å². The smallest absolute Gasteiger partial charge is 0.418 e. The van der Waals surface area contributed by atoms with Gasteiger partial charge in [-0.15, -0.1) is 0 Å². The third-order valence-electron chi connectivity index (χ3n) is 7.61. The zero-order chi connectivity index (χ0) is 33.2. The number of aromatic carboxylic acids is 1. The first kappa shape index (κ1) is 33.1. The molecule has 1 fully saturated rings. The summed E-state index contributed by atoms with van der Waals surface area (Å²) in [5.74, 6) is -1.31. The number of halogens is 3. The topological polar surface area (TPSA) is 86.5 Å². The van der Waals surface area contributed by atoms with Crippen LogP contribution in [0.4, 0.5) is 29.3 Å². The number of amides is 1. The average molecular weight is 656 g/mol. The van der Waals surface area contributed by atoms with Crippen molar-refractivity contribution in [3.63, 3.8) is 0 Å². The lowest BCUT2D eigenvalue weighted by Crippen LogP contribution is -2.50. The minimum Gasteiger partial charge on any atom is -0.475 e. The molecule has 1 aliphatic rings. The highest BCUT2D eigenvalue weighted by atomic mass is 32.2. The molecule has 3 aromatic carbocycles. The van der Waals surface area contributed by atoms with E-state index in [9.17, 15) is 27.9 Å². The molecule has 0 spiro atoms. The van der Waals surface area contributed by atoms with E-state index in [0.717, 1.165) is 10.5 Å². The molecule has 1 aliphatic heterocycles. The molecular weight excluding hydrogens is 619 g/mol. The van der Waals surface area contributed by atoms with Gasteiger partial charge in [0.1, 0.15) is 11.2 Å². The fourth-order valence-electron chi connectivity index (χ4n) is 5.33. The number of ether oxygens (including phenoxy) is 1. The van der Waals surface area contributed by atoms with E-state index in [1.54, 1.807) is 56.9 Å². The van der Waals surface area contributed by atoms with Crippen molar-refractivity contribution >= 4 is 46.4 Å². The van der Waals surface area contributed by atoms with Crippen molar-refractivity contribution in [3.8, 4) is 0 Å². The number of aryl methyl sites for hydroxylation is 1. The summed E-state index contributed by atoms with van der Waals surface area (Å²) in [6, 6.07) is 19.3. The lowest BCUT2D eigenvalue weighted by molar-refractivity contribution is -0.137. The summed E-state index contributed by atoms with van der Waals surface area (Å²) < 4.78 is 56.6. The maximum Gasteiger partial charge on any atom is 0.418 e. The molecule has 8 nitrogen and oxygen atoms in total. The van der Waals surface area contributed by atoms with Crippen LogP contribution in [-0.4, -0.2) is 60.4 Å². The second-order valence-electron chi connectivity index (χ2n) is 12.1. The lowest BCUT2D eigenvalue weighted by Gasteiger charge is -2.38. The molecule has 1 saturated heterocycles. The number of hydrogen-bond donors (Lipinski definition) is 1. The van der Waals surface area contributed by atoms with Crippen LogP contribution in [0.25, 0.3) is 11.0 Å². The van der Waals surface area contributed by atoms with Gasteiger partial charge in [0.05, 0.1) is 5.56 Å². The van der Waals surface area contributed by atoms with Crippen LogP contribution >= 0.6 is 11.9 Å². The number of benzene rings is 3. The molecule has 46 heavy (non-hydrogen) atoms. The van der Waals surface area contributed by atoms with Crippen LogP contribution in [0.15, 0.2) is 76.0 Å². The Labute approximate surface area is 269 Å². The molecule has 0 unspecified atom stereocenters. The summed E-state index contributed by atoms with van der Waals surface area (Å²) in [5, 5.41) is 10.1. The van der Waals surface area contributed by atoms with Crippen molar-refractivity contribution in [2.75, 3.05) is 41.9 Å². The molecule has 0 aliphatic carbocycles. The van der Waals surface area contributed by atoms with E-state index in [-0.39, 0.29) is 37.6 Å². The van der Waals surface area contributed by atoms with Crippen LogP contribution in [0, 0.1) is 6.92 Å². The molecule has 0 saturated carbocycles. The van der Waals surface area contributed by atoms with Gasteiger partial charge in [0.2, 0.25) is 5.76 Å². The minimum atomic E-state index is -4.62. The molecule has 2 heterocycles. The van der Waals surface area contributed by atoms with Crippen LogP contribution < -0.4 is 9.21 Å². The third-order valence-corrected chi connectivity index (χ3v) is 8.69. The van der Waals surface area contributed by atoms with Gasteiger partial charge in [-0.05, 0) is 88.0 Å². The number of nitrogens with zero attached hydrogens (tertiary/aromatic N) is 3. The Balaban J connectivity index is 1.43. The summed E-state index contributed by atoms with van der Waals surface area (Å²) in [4.78, 5) is 28.0. The van der Waals surface area contributed by atoms with E-state index in [4.69, 9.17) is 9.15 Å². The highest BCUT2D eigenvalue weighted by Gasteiger charge is 2.37. The van der Waals surface area contributed by atoms with Crippen LogP contribution in [-0.2, 0) is 17.3 Å². The number of carbonyl (C=O) groups is 2. The number of anilines is 2. The Kier molecular flexibility index (Phi) is 9.48. The summed E-state index contributed by atoms with van der Waals surface area (Å²) in [6.45, 7) is 8.33. The minimum absolute atomic E-state index is 0.0599. The zero-order valence-corrected chi connectivity index (χ0v) is 26.9. The summed E-state index contributed by atoms with van der Waals surface area (Å²) >= 11 is 1.28. The summed E-state index contributed by atoms with van der Waals surface area (Å²) in [6.07, 6.45) is -4.52. The number of carboxylic acid groups (broad SMARTS) is 1. The predicted molar refractivity (Wildman–Crippen MR) is 173 cm³/mol. The number of hydrogen-bond acceptors (Lipinski definition) is 7. The normalized spacial score (nSPS) is 14.1. The standard InChI is InChI=1S/C34H36F3N3O5S/c1-22-26-21-25(11-13-29(26)44-30(22)31(41)42)46-40(15-14-23-8-6-5-7-9-23)24-10-12-28(27(20-24)34(35,36)37)38-16-18-39(19-17-38)32(43)45-33(2,3)4/h5-13,20-21H,14-19H2,1-4H3,(H,41,42). The maximum absolute atomic E-state index is 14.6. The van der Waals surface area contributed by atoms with Gasteiger partial charge in [0.15, 0.2) is 0 Å². The Morgan fingerprint density at radius 2 is 1.67 bits per heavy atom. The highest BCUT2D eigenvalue weighted by molar-refractivity contribution is 8.00. The summed E-state index contributed by atoms with van der Waals surface area (Å²) in [5.41, 5.74) is 0.956. The Morgan fingerprint density at radius 1 is 0.978 bits per heavy atom. The maximum atomic E-state index is 14.6. The third kappa shape index (κ3) is 7.72. The van der Waals surface area contributed by atoms with Crippen LogP contribution in [0.2, 0.25) is 0 Å². The van der Waals surface area contributed by atoms with Gasteiger partial charge in [-0.3, -0.25) is 0 Å². The lowest BCUT2D eigenvalue weighted by atomic mass is 10.1. The number of alkyl halides is 3. The van der Waals surface area contributed by atoms with Crippen LogP contribution in [0.1, 0.15) is 48.0 Å². The van der Waals surface area contributed by atoms with Gasteiger partial charge in [-0.1, -0.05) is 30.3 Å². The molecule has 1 aromatic heterocycles. The second kappa shape index (κ2) is 13.2. The molecule has 5 rings (SSSR count). The second-order valence-corrected chi connectivity index (χ2v) is 13.2. The van der Waals surface area contributed by atoms with E-state index >= 15 is 0 Å². The average Bonchev–Trinajstić information content (AvgIpc) is 3.34. The van der Waals surface area contributed by atoms with Crippen molar-refractivity contribution in [1.82, 2.24) is 4.90 Å². The van der Waals surface area contributed by atoms with Crippen LogP contribution in [0.3, 0.4) is 0 Å². The van der Waals surface area contributed by atoms with E-state index < -0.39 is 29.4 Å². The summed E-state index contributed by atoms with van der Waals surface area (Å²) in [7, 11) is 0. The Bertz CT molecular complexity index is 1710. The largest absolute Gasteiger partial charge is 0.475 e. The van der Waals surface area contributed by atoms with E-state index in [2.05, 4.69) is 0 Å². The molecule has 1 N–H and O–H groups in total. The predicted octanol–water partition coefficient (Wildman–Crippen LogP) is 8.27. The van der Waals surface area contributed by atoms with Crippen molar-refractivity contribution in [3.05, 3.63) is 89.2 Å². The van der Waals surface area contributed by atoms with Gasteiger partial charge in [-0.2, -0.15) is 13.2 Å². The molecule has 0 bridgehead atoms.